The second-order valence-electron chi connectivity index (χ2n) is 6.64. The van der Waals surface area contributed by atoms with Crippen molar-refractivity contribution in [3.05, 3.63) is 0 Å². The Labute approximate surface area is 101 Å². The van der Waals surface area contributed by atoms with Gasteiger partial charge in [0.1, 0.15) is 5.78 Å². The van der Waals surface area contributed by atoms with Crippen LogP contribution in [-0.2, 0) is 4.79 Å². The molecule has 0 amide bonds. The molecule has 2 unspecified atom stereocenters. The van der Waals surface area contributed by atoms with Gasteiger partial charge in [-0.15, -0.1) is 0 Å². The van der Waals surface area contributed by atoms with E-state index in [1.807, 2.05) is 0 Å². The fraction of sp³-hybridized carbons (Fsp3) is 0.933. The molecule has 1 fully saturated rings. The molecule has 16 heavy (non-hydrogen) atoms. The molecule has 0 N–H and O–H groups in total. The fourth-order valence-electron chi connectivity index (χ4n) is 3.19. The second kappa shape index (κ2) is 5.33. The molecule has 2 atom stereocenters. The molecule has 1 nitrogen and oxygen atoms in total. The number of carbonyl (C=O) groups excluding carboxylic acids is 1. The van der Waals surface area contributed by atoms with Crippen LogP contribution in [0.15, 0.2) is 0 Å². The van der Waals surface area contributed by atoms with Crippen molar-refractivity contribution < 1.29 is 4.79 Å². The Morgan fingerprint density at radius 3 is 2.50 bits per heavy atom. The monoisotopic (exact) mass is 224 g/mol. The smallest absolute Gasteiger partial charge is 0.136 e. The van der Waals surface area contributed by atoms with E-state index in [1.54, 1.807) is 0 Å². The molecular weight excluding hydrogens is 196 g/mol. The summed E-state index contributed by atoms with van der Waals surface area (Å²) in [5.74, 6) is 2.15. The lowest BCUT2D eigenvalue weighted by Gasteiger charge is -2.42. The van der Waals surface area contributed by atoms with Crippen molar-refractivity contribution in [3.63, 3.8) is 0 Å². The summed E-state index contributed by atoms with van der Waals surface area (Å²) in [5.41, 5.74) is 0.374. The van der Waals surface area contributed by atoms with Crippen molar-refractivity contribution in [1.82, 2.24) is 0 Å². The molecule has 0 saturated heterocycles. The highest BCUT2D eigenvalue weighted by molar-refractivity contribution is 5.81. The minimum Gasteiger partial charge on any atom is -0.299 e. The van der Waals surface area contributed by atoms with Gasteiger partial charge in [-0.1, -0.05) is 34.6 Å². The molecular formula is C15H28O. The quantitative estimate of drug-likeness (QED) is 0.689. The van der Waals surface area contributed by atoms with Crippen molar-refractivity contribution in [2.24, 2.45) is 23.2 Å². The van der Waals surface area contributed by atoms with E-state index in [9.17, 15) is 4.79 Å². The summed E-state index contributed by atoms with van der Waals surface area (Å²) in [7, 11) is 0. The van der Waals surface area contributed by atoms with Gasteiger partial charge in [0.05, 0.1) is 0 Å². The van der Waals surface area contributed by atoms with Crippen LogP contribution in [0.5, 0.6) is 0 Å². The highest BCUT2D eigenvalue weighted by atomic mass is 16.1. The van der Waals surface area contributed by atoms with Crippen molar-refractivity contribution in [2.75, 3.05) is 0 Å². The molecule has 0 aromatic rings. The van der Waals surface area contributed by atoms with Gasteiger partial charge in [-0.05, 0) is 42.9 Å². The maximum atomic E-state index is 12.2. The van der Waals surface area contributed by atoms with Crippen LogP contribution in [0, 0.1) is 23.2 Å². The molecule has 0 spiro atoms. The van der Waals surface area contributed by atoms with E-state index < -0.39 is 0 Å². The second-order valence-corrected chi connectivity index (χ2v) is 6.64. The van der Waals surface area contributed by atoms with Gasteiger partial charge in [-0.2, -0.15) is 0 Å². The Kier molecular flexibility index (Phi) is 4.58. The van der Waals surface area contributed by atoms with Gasteiger partial charge in [0.2, 0.25) is 0 Å². The standard InChI is InChI=1S/C15H28O/c1-6-7-14(16)13-10-15(4,5)9-8-12(13)11(2)3/h11-13H,6-10H2,1-5H3. The van der Waals surface area contributed by atoms with Gasteiger partial charge in [0.25, 0.3) is 0 Å². The van der Waals surface area contributed by atoms with Gasteiger partial charge >= 0.3 is 0 Å². The van der Waals surface area contributed by atoms with Crippen LogP contribution < -0.4 is 0 Å². The van der Waals surface area contributed by atoms with Gasteiger partial charge in [-0.25, -0.2) is 0 Å². The highest BCUT2D eigenvalue weighted by Gasteiger charge is 2.39. The largest absolute Gasteiger partial charge is 0.299 e. The number of ketones is 1. The molecule has 94 valence electrons. The molecule has 1 saturated carbocycles. The summed E-state index contributed by atoms with van der Waals surface area (Å²) >= 11 is 0. The Morgan fingerprint density at radius 2 is 2.00 bits per heavy atom. The van der Waals surface area contributed by atoms with Crippen LogP contribution in [0.4, 0.5) is 0 Å². The zero-order valence-electron chi connectivity index (χ0n) is 11.7. The average Bonchev–Trinajstić information content (AvgIpc) is 2.16. The summed E-state index contributed by atoms with van der Waals surface area (Å²) in [6.07, 6.45) is 5.41. The first-order valence-corrected chi connectivity index (χ1v) is 6.90. The highest BCUT2D eigenvalue weighted by Crippen LogP contribution is 2.45. The number of hydrogen-bond donors (Lipinski definition) is 0. The minimum absolute atomic E-state index is 0.337. The van der Waals surface area contributed by atoms with Gasteiger partial charge in [0, 0.05) is 12.3 Å². The van der Waals surface area contributed by atoms with E-state index in [0.29, 0.717) is 29.0 Å². The summed E-state index contributed by atoms with van der Waals surface area (Å²) in [4.78, 5) is 12.2. The van der Waals surface area contributed by atoms with Crippen molar-refractivity contribution in [1.29, 1.82) is 0 Å². The maximum absolute atomic E-state index is 12.2. The van der Waals surface area contributed by atoms with E-state index in [1.165, 1.54) is 12.8 Å². The molecule has 0 aliphatic heterocycles. The summed E-state index contributed by atoms with van der Waals surface area (Å²) in [6, 6.07) is 0. The number of carbonyl (C=O) groups is 1. The number of hydrogen-bond acceptors (Lipinski definition) is 1. The molecule has 1 rings (SSSR count). The van der Waals surface area contributed by atoms with Crippen LogP contribution in [0.3, 0.4) is 0 Å². The first-order chi connectivity index (χ1) is 7.37. The predicted octanol–water partition coefficient (Wildman–Crippen LogP) is 4.45. The summed E-state index contributed by atoms with van der Waals surface area (Å²) in [5, 5.41) is 0. The van der Waals surface area contributed by atoms with E-state index >= 15 is 0 Å². The van der Waals surface area contributed by atoms with E-state index in [-0.39, 0.29) is 0 Å². The summed E-state index contributed by atoms with van der Waals surface area (Å²) in [6.45, 7) is 11.3. The Bertz CT molecular complexity index is 240. The molecule has 0 aromatic heterocycles. The third kappa shape index (κ3) is 3.33. The Balaban J connectivity index is 2.75. The van der Waals surface area contributed by atoms with Gasteiger partial charge in [0.15, 0.2) is 0 Å². The van der Waals surface area contributed by atoms with Crippen LogP contribution in [-0.4, -0.2) is 5.78 Å². The molecule has 0 bridgehead atoms. The van der Waals surface area contributed by atoms with Crippen molar-refractivity contribution >= 4 is 5.78 Å². The molecule has 0 heterocycles. The molecule has 1 aliphatic rings. The van der Waals surface area contributed by atoms with Gasteiger partial charge in [-0.3, -0.25) is 4.79 Å². The first kappa shape index (κ1) is 13.7. The zero-order chi connectivity index (χ0) is 12.3. The lowest BCUT2D eigenvalue weighted by atomic mass is 9.62. The lowest BCUT2D eigenvalue weighted by molar-refractivity contribution is -0.128. The van der Waals surface area contributed by atoms with Crippen LogP contribution in [0.1, 0.15) is 66.7 Å². The predicted molar refractivity (Wildman–Crippen MR) is 69.4 cm³/mol. The van der Waals surface area contributed by atoms with E-state index in [2.05, 4.69) is 34.6 Å². The number of rotatable bonds is 4. The molecule has 0 radical (unpaired) electrons. The van der Waals surface area contributed by atoms with Crippen LogP contribution in [0.25, 0.3) is 0 Å². The Morgan fingerprint density at radius 1 is 1.38 bits per heavy atom. The zero-order valence-corrected chi connectivity index (χ0v) is 11.7. The Hall–Kier alpha value is -0.330. The van der Waals surface area contributed by atoms with Crippen LogP contribution >= 0.6 is 0 Å². The molecule has 1 heteroatoms. The third-order valence-electron chi connectivity index (χ3n) is 4.21. The SMILES string of the molecule is CCCC(=O)C1CC(C)(C)CCC1C(C)C. The molecule has 0 aromatic carbocycles. The topological polar surface area (TPSA) is 17.1 Å². The average molecular weight is 224 g/mol. The molecule has 1 aliphatic carbocycles. The van der Waals surface area contributed by atoms with Crippen LogP contribution in [0.2, 0.25) is 0 Å². The fourth-order valence-corrected chi connectivity index (χ4v) is 3.19. The lowest BCUT2D eigenvalue weighted by Crippen LogP contribution is -2.37. The number of Topliss-reactive ketones (excluding diaryl/α,β-unsaturated/α-hetero) is 1. The summed E-state index contributed by atoms with van der Waals surface area (Å²) < 4.78 is 0. The maximum Gasteiger partial charge on any atom is 0.136 e. The first-order valence-electron chi connectivity index (χ1n) is 6.90. The normalized spacial score (nSPS) is 29.4. The third-order valence-corrected chi connectivity index (χ3v) is 4.21. The van der Waals surface area contributed by atoms with Crippen molar-refractivity contribution in [2.45, 2.75) is 66.7 Å². The van der Waals surface area contributed by atoms with Crippen molar-refractivity contribution in [3.8, 4) is 0 Å². The van der Waals surface area contributed by atoms with E-state index in [4.69, 9.17) is 0 Å². The van der Waals surface area contributed by atoms with E-state index in [0.717, 1.165) is 19.3 Å². The van der Waals surface area contributed by atoms with Gasteiger partial charge < -0.3 is 0 Å². The minimum atomic E-state index is 0.337.